The quantitative estimate of drug-likeness (QED) is 0.764. The number of benzene rings is 1. The Morgan fingerprint density at radius 3 is 2.44 bits per heavy atom. The molecule has 136 valence electrons. The maximum absolute atomic E-state index is 12.7. The number of nitrogens with zero attached hydrogens (tertiary/aromatic N) is 1. The van der Waals surface area contributed by atoms with E-state index in [1.165, 1.54) is 0 Å². The minimum Gasteiger partial charge on any atom is -0.371 e. The Balaban J connectivity index is 1.84. The van der Waals surface area contributed by atoms with Gasteiger partial charge in [-0.3, -0.25) is 9.59 Å². The first-order valence-corrected chi connectivity index (χ1v) is 9.60. The van der Waals surface area contributed by atoms with Crippen LogP contribution >= 0.6 is 23.2 Å². The van der Waals surface area contributed by atoms with Gasteiger partial charge < -0.3 is 15.5 Å². The first-order chi connectivity index (χ1) is 11.9. The highest BCUT2D eigenvalue weighted by Gasteiger charge is 2.27. The Morgan fingerprint density at radius 2 is 1.84 bits per heavy atom. The smallest absolute Gasteiger partial charge is 0.257 e. The van der Waals surface area contributed by atoms with Gasteiger partial charge in [-0.2, -0.15) is 0 Å². The van der Waals surface area contributed by atoms with E-state index < -0.39 is 10.7 Å². The van der Waals surface area contributed by atoms with Crippen molar-refractivity contribution in [3.63, 3.8) is 0 Å². The van der Waals surface area contributed by atoms with Crippen LogP contribution in [-0.4, -0.2) is 35.8 Å². The number of alkyl halides is 2. The molecule has 0 atom stereocenters. The second-order valence-electron chi connectivity index (χ2n) is 6.94. The van der Waals surface area contributed by atoms with Crippen molar-refractivity contribution in [1.82, 2.24) is 5.32 Å². The van der Waals surface area contributed by atoms with Crippen molar-refractivity contribution in [3.05, 3.63) is 23.8 Å². The summed E-state index contributed by atoms with van der Waals surface area (Å²) >= 11 is 11.2. The highest BCUT2D eigenvalue weighted by molar-refractivity contribution is 6.54. The zero-order valence-corrected chi connectivity index (χ0v) is 15.7. The molecule has 2 aliphatic rings. The molecule has 1 heterocycles. The molecule has 0 radical (unpaired) electrons. The lowest BCUT2D eigenvalue weighted by atomic mass is 9.97. The fraction of sp³-hybridized carbons (Fsp3) is 0.556. The van der Waals surface area contributed by atoms with Crippen molar-refractivity contribution in [2.45, 2.75) is 43.5 Å². The number of nitrogens with one attached hydrogen (secondary N) is 2. The van der Waals surface area contributed by atoms with Gasteiger partial charge in [0, 0.05) is 30.5 Å². The maximum Gasteiger partial charge on any atom is 0.257 e. The lowest BCUT2D eigenvalue weighted by Crippen LogP contribution is -2.35. The Kier molecular flexibility index (Phi) is 5.74. The van der Waals surface area contributed by atoms with Crippen LogP contribution in [0.5, 0.6) is 0 Å². The van der Waals surface area contributed by atoms with Gasteiger partial charge >= 0.3 is 0 Å². The molecule has 7 heteroatoms. The van der Waals surface area contributed by atoms with Gasteiger partial charge in [-0.05, 0) is 49.8 Å². The molecular formula is C18H23Cl2N3O2. The zero-order chi connectivity index (χ0) is 18.0. The average Bonchev–Trinajstić information content (AvgIpc) is 3.39. The van der Waals surface area contributed by atoms with Crippen LogP contribution in [-0.2, 0) is 4.79 Å². The van der Waals surface area contributed by atoms with Crippen LogP contribution in [0.25, 0.3) is 0 Å². The topological polar surface area (TPSA) is 61.4 Å². The maximum atomic E-state index is 12.7. The van der Waals surface area contributed by atoms with Gasteiger partial charge in [-0.25, -0.2) is 0 Å². The number of hydrogen-bond acceptors (Lipinski definition) is 3. The monoisotopic (exact) mass is 383 g/mol. The summed E-state index contributed by atoms with van der Waals surface area (Å²) in [6, 6.07) is 5.66. The highest BCUT2D eigenvalue weighted by Crippen LogP contribution is 2.30. The van der Waals surface area contributed by atoms with E-state index in [-0.39, 0.29) is 11.9 Å². The van der Waals surface area contributed by atoms with Crippen LogP contribution in [0.2, 0.25) is 0 Å². The summed E-state index contributed by atoms with van der Waals surface area (Å²) in [5.74, 6) is 0.111. The third-order valence-corrected chi connectivity index (χ3v) is 5.14. The molecule has 0 unspecified atom stereocenters. The number of anilines is 2. The summed E-state index contributed by atoms with van der Waals surface area (Å²) in [7, 11) is 0. The number of piperidine rings is 1. The molecule has 1 aliphatic heterocycles. The molecule has 5 nitrogen and oxygen atoms in total. The normalized spacial score (nSPS) is 18.3. The molecule has 1 saturated carbocycles. The predicted molar refractivity (Wildman–Crippen MR) is 102 cm³/mol. The van der Waals surface area contributed by atoms with Crippen molar-refractivity contribution in [2.24, 2.45) is 5.92 Å². The van der Waals surface area contributed by atoms with Gasteiger partial charge in [0.15, 0.2) is 4.84 Å². The van der Waals surface area contributed by atoms with Crippen molar-refractivity contribution >= 4 is 46.4 Å². The van der Waals surface area contributed by atoms with E-state index in [0.717, 1.165) is 44.5 Å². The van der Waals surface area contributed by atoms with Crippen molar-refractivity contribution in [3.8, 4) is 0 Å². The lowest BCUT2D eigenvalue weighted by molar-refractivity contribution is -0.114. The van der Waals surface area contributed by atoms with Crippen LogP contribution in [0.4, 0.5) is 11.4 Å². The van der Waals surface area contributed by atoms with Crippen molar-refractivity contribution in [1.29, 1.82) is 0 Å². The fourth-order valence-electron chi connectivity index (χ4n) is 3.01. The number of hydrogen-bond donors (Lipinski definition) is 2. The number of amides is 2. The Labute approximate surface area is 158 Å². The van der Waals surface area contributed by atoms with Crippen LogP contribution < -0.4 is 15.5 Å². The second-order valence-corrected chi connectivity index (χ2v) is 8.04. The summed E-state index contributed by atoms with van der Waals surface area (Å²) in [6.45, 7) is 4.12. The Morgan fingerprint density at radius 1 is 1.16 bits per heavy atom. The molecule has 0 aromatic heterocycles. The standard InChI is InChI=1S/C18H23Cl2N3O2/c1-11-6-8-23(9-7-11)15-5-4-13(22-18(25)16(19)20)10-14(15)17(24)21-12-2-3-12/h4-5,10-12,16H,2-3,6-9H2,1H3,(H,21,24)(H,22,25). The highest BCUT2D eigenvalue weighted by atomic mass is 35.5. The van der Waals surface area contributed by atoms with Gasteiger partial charge in [-0.1, -0.05) is 30.1 Å². The molecule has 1 aromatic rings. The molecule has 2 fully saturated rings. The van der Waals surface area contributed by atoms with E-state index in [0.29, 0.717) is 17.2 Å². The van der Waals surface area contributed by atoms with Gasteiger partial charge in [0.05, 0.1) is 5.56 Å². The molecule has 1 aromatic carbocycles. The number of halogens is 2. The SMILES string of the molecule is CC1CCN(c2ccc(NC(=O)C(Cl)Cl)cc2C(=O)NC2CC2)CC1. The van der Waals surface area contributed by atoms with Crippen LogP contribution in [0.3, 0.4) is 0 Å². The number of carbonyl (C=O) groups is 2. The Hall–Kier alpha value is -1.46. The van der Waals surface area contributed by atoms with Crippen LogP contribution in [0, 0.1) is 5.92 Å². The van der Waals surface area contributed by atoms with Crippen molar-refractivity contribution in [2.75, 3.05) is 23.3 Å². The molecule has 2 N–H and O–H groups in total. The first kappa shape index (κ1) is 18.3. The molecular weight excluding hydrogens is 361 g/mol. The third-order valence-electron chi connectivity index (χ3n) is 4.74. The molecule has 25 heavy (non-hydrogen) atoms. The molecule has 0 bridgehead atoms. The predicted octanol–water partition coefficient (Wildman–Crippen LogP) is 3.56. The molecule has 1 saturated heterocycles. The summed E-state index contributed by atoms with van der Waals surface area (Å²) in [5, 5.41) is 5.67. The van der Waals surface area contributed by atoms with Gasteiger partial charge in [0.25, 0.3) is 11.8 Å². The van der Waals surface area contributed by atoms with E-state index in [2.05, 4.69) is 22.5 Å². The lowest BCUT2D eigenvalue weighted by Gasteiger charge is -2.33. The van der Waals surface area contributed by atoms with E-state index in [4.69, 9.17) is 23.2 Å². The zero-order valence-electron chi connectivity index (χ0n) is 14.2. The minimum atomic E-state index is -1.15. The molecule has 3 rings (SSSR count). The van der Waals surface area contributed by atoms with E-state index in [9.17, 15) is 9.59 Å². The summed E-state index contributed by atoms with van der Waals surface area (Å²) < 4.78 is 0. The molecule has 0 spiro atoms. The summed E-state index contributed by atoms with van der Waals surface area (Å²) in [4.78, 5) is 25.5. The molecule has 2 amide bonds. The number of rotatable bonds is 5. The second kappa shape index (κ2) is 7.83. The average molecular weight is 384 g/mol. The van der Waals surface area contributed by atoms with Crippen molar-refractivity contribution < 1.29 is 9.59 Å². The Bertz CT molecular complexity index is 654. The van der Waals surface area contributed by atoms with E-state index >= 15 is 0 Å². The summed E-state index contributed by atoms with van der Waals surface area (Å²) in [6.07, 6.45) is 4.28. The van der Waals surface area contributed by atoms with E-state index in [1.807, 2.05) is 6.07 Å². The third kappa shape index (κ3) is 4.79. The number of carbonyl (C=O) groups excluding carboxylic acids is 2. The molecule has 1 aliphatic carbocycles. The van der Waals surface area contributed by atoms with Crippen LogP contribution in [0.1, 0.15) is 43.0 Å². The fourth-order valence-corrected chi connectivity index (χ4v) is 3.12. The van der Waals surface area contributed by atoms with E-state index in [1.54, 1.807) is 12.1 Å². The van der Waals surface area contributed by atoms with Gasteiger partial charge in [-0.15, -0.1) is 0 Å². The largest absolute Gasteiger partial charge is 0.371 e. The van der Waals surface area contributed by atoms with Gasteiger partial charge in [0.2, 0.25) is 0 Å². The summed E-state index contributed by atoms with van der Waals surface area (Å²) in [5.41, 5.74) is 2.02. The van der Waals surface area contributed by atoms with Gasteiger partial charge in [0.1, 0.15) is 0 Å². The first-order valence-electron chi connectivity index (χ1n) is 8.73. The minimum absolute atomic E-state index is 0.0967. The van der Waals surface area contributed by atoms with Crippen LogP contribution in [0.15, 0.2) is 18.2 Å².